The number of nitro groups is 1. The van der Waals surface area contributed by atoms with Crippen LogP contribution in [0.15, 0.2) is 84.9 Å². The average molecular weight is 543 g/mol. The lowest BCUT2D eigenvalue weighted by Gasteiger charge is -2.42. The molecular formula is C33H38N2O5. The quantitative estimate of drug-likeness (QED) is 0.141. The van der Waals surface area contributed by atoms with Crippen molar-refractivity contribution in [2.24, 2.45) is 11.3 Å². The van der Waals surface area contributed by atoms with Crippen molar-refractivity contribution in [3.05, 3.63) is 112 Å². The topological polar surface area (TPSA) is 89.8 Å². The summed E-state index contributed by atoms with van der Waals surface area (Å²) < 4.78 is 5.52. The molecule has 0 bridgehead atoms. The molecule has 3 aromatic rings. The number of benzene rings is 3. The second-order valence-electron chi connectivity index (χ2n) is 10.8. The summed E-state index contributed by atoms with van der Waals surface area (Å²) >= 11 is 0. The van der Waals surface area contributed by atoms with Gasteiger partial charge in [0, 0.05) is 37.1 Å². The Morgan fingerprint density at radius 2 is 1.55 bits per heavy atom. The van der Waals surface area contributed by atoms with Crippen molar-refractivity contribution in [3.63, 3.8) is 0 Å². The Kier molecular flexibility index (Phi) is 10.1. The summed E-state index contributed by atoms with van der Waals surface area (Å²) in [5, 5.41) is 11.3. The number of non-ortho nitro benzene ring substituents is 1. The molecule has 0 atom stereocenters. The number of amides is 1. The van der Waals surface area contributed by atoms with Gasteiger partial charge in [-0.15, -0.1) is 0 Å². The van der Waals surface area contributed by atoms with E-state index in [1.54, 1.807) is 12.1 Å². The van der Waals surface area contributed by atoms with Gasteiger partial charge < -0.3 is 9.64 Å². The first-order valence-corrected chi connectivity index (χ1v) is 14.1. The zero-order chi connectivity index (χ0) is 28.4. The van der Waals surface area contributed by atoms with Gasteiger partial charge in [0.2, 0.25) is 5.91 Å². The first-order chi connectivity index (χ1) is 19.4. The van der Waals surface area contributed by atoms with E-state index >= 15 is 0 Å². The summed E-state index contributed by atoms with van der Waals surface area (Å²) in [4.78, 5) is 39.5. The average Bonchev–Trinajstić information content (AvgIpc) is 2.99. The number of hydrogen-bond donors (Lipinski definition) is 0. The molecule has 1 amide bonds. The zero-order valence-electron chi connectivity index (χ0n) is 23.2. The first-order valence-electron chi connectivity index (χ1n) is 14.1. The summed E-state index contributed by atoms with van der Waals surface area (Å²) in [6.07, 6.45) is 4.88. The minimum absolute atomic E-state index is 0.0273. The van der Waals surface area contributed by atoms with E-state index in [9.17, 15) is 19.7 Å². The van der Waals surface area contributed by atoms with Gasteiger partial charge in [-0.3, -0.25) is 19.7 Å². The summed E-state index contributed by atoms with van der Waals surface area (Å²) in [5.74, 6) is 0.0909. The second kappa shape index (κ2) is 13.9. The molecule has 0 aromatic heterocycles. The number of carbonyl (C=O) groups is 2. The monoisotopic (exact) mass is 542 g/mol. The van der Waals surface area contributed by atoms with E-state index in [-0.39, 0.29) is 30.1 Å². The van der Waals surface area contributed by atoms with E-state index < -0.39 is 10.3 Å². The van der Waals surface area contributed by atoms with Crippen LogP contribution in [0.25, 0.3) is 0 Å². The highest BCUT2D eigenvalue weighted by Gasteiger charge is 2.43. The Morgan fingerprint density at radius 3 is 2.17 bits per heavy atom. The van der Waals surface area contributed by atoms with Crippen LogP contribution in [0.5, 0.6) is 0 Å². The summed E-state index contributed by atoms with van der Waals surface area (Å²) in [7, 11) is 0. The molecule has 7 nitrogen and oxygen atoms in total. The molecule has 0 heterocycles. The van der Waals surface area contributed by atoms with Gasteiger partial charge in [0.15, 0.2) is 0 Å². The number of rotatable bonds is 12. The molecule has 1 fully saturated rings. The molecule has 0 spiro atoms. The number of nitro benzene ring substituents is 1. The standard InChI is InChI=1S/C33H38N2O5/c1-2-34(24-29-14-9-15-30(22-29)35(38)39)32(37)33(19-16-26-10-5-3-6-11-26)20-17-27(18-21-33)23-31(36)40-25-28-12-7-4-8-13-28/h3-15,22,27H,2,16-21,23-25H2,1H3. The third kappa shape index (κ3) is 7.78. The molecule has 7 heteroatoms. The summed E-state index contributed by atoms with van der Waals surface area (Å²) in [6.45, 7) is 3.08. The number of nitrogens with zero attached hydrogens (tertiary/aromatic N) is 2. The van der Waals surface area contributed by atoms with Crippen LogP contribution in [0.2, 0.25) is 0 Å². The van der Waals surface area contributed by atoms with Gasteiger partial charge in [-0.25, -0.2) is 0 Å². The van der Waals surface area contributed by atoms with Gasteiger partial charge in [0.1, 0.15) is 6.61 Å². The van der Waals surface area contributed by atoms with Crippen molar-refractivity contribution < 1.29 is 19.2 Å². The molecule has 0 saturated heterocycles. The molecule has 4 rings (SSSR count). The third-order valence-corrected chi connectivity index (χ3v) is 8.11. The number of ether oxygens (including phenoxy) is 1. The predicted octanol–water partition coefficient (Wildman–Crippen LogP) is 6.89. The lowest BCUT2D eigenvalue weighted by molar-refractivity contribution is -0.384. The SMILES string of the molecule is CCN(Cc1cccc([N+](=O)[O-])c1)C(=O)C1(CCc2ccccc2)CCC(CC(=O)OCc2ccccc2)CC1. The van der Waals surface area contributed by atoms with Crippen LogP contribution < -0.4 is 0 Å². The van der Waals surface area contributed by atoms with Crippen LogP contribution in [0.3, 0.4) is 0 Å². The molecule has 1 saturated carbocycles. The van der Waals surface area contributed by atoms with Crippen LogP contribution in [-0.4, -0.2) is 28.2 Å². The van der Waals surface area contributed by atoms with Crippen molar-refractivity contribution >= 4 is 17.6 Å². The van der Waals surface area contributed by atoms with Gasteiger partial charge in [0.25, 0.3) is 5.69 Å². The number of hydrogen-bond acceptors (Lipinski definition) is 5. The van der Waals surface area contributed by atoms with Gasteiger partial charge in [-0.05, 0) is 68.1 Å². The van der Waals surface area contributed by atoms with E-state index in [0.717, 1.165) is 36.8 Å². The fourth-order valence-corrected chi connectivity index (χ4v) is 5.72. The maximum Gasteiger partial charge on any atom is 0.306 e. The minimum atomic E-state index is -0.531. The van der Waals surface area contributed by atoms with Crippen molar-refractivity contribution in [3.8, 4) is 0 Å². The Labute approximate surface area is 236 Å². The highest BCUT2D eigenvalue weighted by molar-refractivity contribution is 5.83. The molecule has 0 radical (unpaired) electrons. The molecule has 0 unspecified atom stereocenters. The largest absolute Gasteiger partial charge is 0.461 e. The molecule has 210 valence electrons. The van der Waals surface area contributed by atoms with E-state index in [0.29, 0.717) is 32.4 Å². The number of esters is 1. The van der Waals surface area contributed by atoms with E-state index in [1.165, 1.54) is 11.6 Å². The maximum absolute atomic E-state index is 14.2. The fourth-order valence-electron chi connectivity index (χ4n) is 5.72. The van der Waals surface area contributed by atoms with Gasteiger partial charge >= 0.3 is 5.97 Å². The van der Waals surface area contributed by atoms with Gasteiger partial charge in [-0.1, -0.05) is 72.8 Å². The van der Waals surface area contributed by atoms with Crippen LogP contribution in [0.4, 0.5) is 5.69 Å². The third-order valence-electron chi connectivity index (χ3n) is 8.11. The Morgan fingerprint density at radius 1 is 0.925 bits per heavy atom. The van der Waals surface area contributed by atoms with Crippen LogP contribution in [-0.2, 0) is 33.9 Å². The van der Waals surface area contributed by atoms with Crippen LogP contribution in [0, 0.1) is 21.4 Å². The Bertz CT molecular complexity index is 1270. The fraction of sp³-hybridized carbons (Fsp3) is 0.394. The van der Waals surface area contributed by atoms with Crippen LogP contribution >= 0.6 is 0 Å². The number of aryl methyl sites for hydroxylation is 1. The molecule has 1 aliphatic carbocycles. The smallest absolute Gasteiger partial charge is 0.306 e. The van der Waals surface area contributed by atoms with Gasteiger partial charge in [0.05, 0.1) is 4.92 Å². The molecule has 0 N–H and O–H groups in total. The lowest BCUT2D eigenvalue weighted by atomic mass is 9.66. The Hall–Kier alpha value is -4.00. The highest BCUT2D eigenvalue weighted by atomic mass is 16.6. The Balaban J connectivity index is 1.43. The maximum atomic E-state index is 14.2. The van der Waals surface area contributed by atoms with E-state index in [1.807, 2.05) is 66.4 Å². The minimum Gasteiger partial charge on any atom is -0.461 e. The van der Waals surface area contributed by atoms with Crippen molar-refractivity contribution in [1.82, 2.24) is 4.90 Å². The van der Waals surface area contributed by atoms with Crippen LogP contribution in [0.1, 0.15) is 62.1 Å². The molecule has 3 aromatic carbocycles. The van der Waals surface area contributed by atoms with Crippen molar-refractivity contribution in [2.45, 2.75) is 65.0 Å². The molecule has 40 heavy (non-hydrogen) atoms. The number of carbonyl (C=O) groups excluding carboxylic acids is 2. The van der Waals surface area contributed by atoms with E-state index in [4.69, 9.17) is 4.74 Å². The molecule has 1 aliphatic rings. The first kappa shape index (κ1) is 29.0. The van der Waals surface area contributed by atoms with Crippen molar-refractivity contribution in [1.29, 1.82) is 0 Å². The van der Waals surface area contributed by atoms with Gasteiger partial charge in [-0.2, -0.15) is 0 Å². The molecular weight excluding hydrogens is 504 g/mol. The highest BCUT2D eigenvalue weighted by Crippen LogP contribution is 2.45. The summed E-state index contributed by atoms with van der Waals surface area (Å²) in [5.41, 5.74) is 2.41. The molecule has 0 aliphatic heterocycles. The zero-order valence-corrected chi connectivity index (χ0v) is 23.2. The normalized spacial score (nSPS) is 18.6. The lowest BCUT2D eigenvalue weighted by Crippen LogP contribution is -2.46. The predicted molar refractivity (Wildman–Crippen MR) is 154 cm³/mol. The second-order valence-corrected chi connectivity index (χ2v) is 10.8. The summed E-state index contributed by atoms with van der Waals surface area (Å²) in [6, 6.07) is 26.4. The van der Waals surface area contributed by atoms with E-state index in [2.05, 4.69) is 12.1 Å². The van der Waals surface area contributed by atoms with Crippen molar-refractivity contribution in [2.75, 3.05) is 6.54 Å².